The third-order valence-corrected chi connectivity index (χ3v) is 5.18. The Labute approximate surface area is 110 Å². The van der Waals surface area contributed by atoms with Crippen LogP contribution in [0.1, 0.15) is 32.1 Å². The van der Waals surface area contributed by atoms with Crippen LogP contribution in [0.2, 0.25) is 0 Å². The fourth-order valence-electron chi connectivity index (χ4n) is 2.62. The molecule has 0 aliphatic carbocycles. The van der Waals surface area contributed by atoms with Crippen molar-refractivity contribution in [2.45, 2.75) is 38.2 Å². The van der Waals surface area contributed by atoms with Gasteiger partial charge in [0.05, 0.1) is 11.9 Å². The summed E-state index contributed by atoms with van der Waals surface area (Å²) >= 11 is 0. The van der Waals surface area contributed by atoms with Crippen LogP contribution in [0.25, 0.3) is 0 Å². The number of ether oxygens (including phenoxy) is 1. The zero-order valence-electron chi connectivity index (χ0n) is 10.9. The van der Waals surface area contributed by atoms with E-state index in [1.54, 1.807) is 0 Å². The van der Waals surface area contributed by atoms with Crippen molar-refractivity contribution in [2.75, 3.05) is 32.0 Å². The molecule has 0 saturated carbocycles. The third kappa shape index (κ3) is 4.84. The van der Waals surface area contributed by atoms with Gasteiger partial charge in [-0.15, -0.1) is 0 Å². The summed E-state index contributed by atoms with van der Waals surface area (Å²) < 4.78 is 32.1. The highest BCUT2D eigenvalue weighted by Crippen LogP contribution is 2.14. The van der Waals surface area contributed by atoms with E-state index in [0.29, 0.717) is 6.54 Å². The van der Waals surface area contributed by atoms with E-state index in [-0.39, 0.29) is 17.8 Å². The fraction of sp³-hybridized carbons (Fsp3) is 1.00. The summed E-state index contributed by atoms with van der Waals surface area (Å²) in [5, 5.41) is 3.25. The average molecular weight is 276 g/mol. The first-order valence-electron chi connectivity index (χ1n) is 6.95. The summed E-state index contributed by atoms with van der Waals surface area (Å²) in [5.74, 6) is 0.496. The Morgan fingerprint density at radius 3 is 2.78 bits per heavy atom. The van der Waals surface area contributed by atoms with Gasteiger partial charge in [0.1, 0.15) is 0 Å². The van der Waals surface area contributed by atoms with Crippen molar-refractivity contribution in [3.63, 3.8) is 0 Å². The first-order chi connectivity index (χ1) is 8.66. The second kappa shape index (κ2) is 6.84. The molecule has 0 amide bonds. The number of hydrogen-bond acceptors (Lipinski definition) is 4. The van der Waals surface area contributed by atoms with Crippen LogP contribution in [0.4, 0.5) is 0 Å². The van der Waals surface area contributed by atoms with Crippen LogP contribution in [0.3, 0.4) is 0 Å². The molecule has 0 aromatic heterocycles. The van der Waals surface area contributed by atoms with Gasteiger partial charge in [0, 0.05) is 13.2 Å². The zero-order valence-corrected chi connectivity index (χ0v) is 11.7. The van der Waals surface area contributed by atoms with Gasteiger partial charge in [-0.1, -0.05) is 0 Å². The molecule has 5 nitrogen and oxygen atoms in total. The first-order valence-corrected chi connectivity index (χ1v) is 8.60. The molecule has 2 rings (SSSR count). The predicted molar refractivity (Wildman–Crippen MR) is 71.0 cm³/mol. The van der Waals surface area contributed by atoms with E-state index in [0.717, 1.165) is 51.8 Å². The molecule has 0 radical (unpaired) electrons. The minimum absolute atomic E-state index is 0.0676. The Balaban J connectivity index is 1.72. The lowest BCUT2D eigenvalue weighted by atomic mass is 10.0. The van der Waals surface area contributed by atoms with E-state index in [1.165, 1.54) is 0 Å². The summed E-state index contributed by atoms with van der Waals surface area (Å²) in [6, 6.07) is 0. The second-order valence-corrected chi connectivity index (χ2v) is 7.18. The lowest BCUT2D eigenvalue weighted by Gasteiger charge is -2.25. The average Bonchev–Trinajstić information content (AvgIpc) is 2.38. The molecule has 0 aromatic rings. The highest BCUT2D eigenvalue weighted by Gasteiger charge is 2.22. The molecule has 2 fully saturated rings. The van der Waals surface area contributed by atoms with Crippen molar-refractivity contribution >= 4 is 10.0 Å². The topological polar surface area (TPSA) is 67.4 Å². The summed E-state index contributed by atoms with van der Waals surface area (Å²) in [4.78, 5) is 0. The Morgan fingerprint density at radius 2 is 2.11 bits per heavy atom. The minimum Gasteiger partial charge on any atom is -0.377 e. The van der Waals surface area contributed by atoms with Crippen molar-refractivity contribution < 1.29 is 13.2 Å². The maximum Gasteiger partial charge on any atom is 0.212 e. The Bertz CT molecular complexity index is 333. The predicted octanol–water partition coefficient (Wildman–Crippen LogP) is 0.475. The highest BCUT2D eigenvalue weighted by atomic mass is 32.2. The number of rotatable bonds is 5. The summed E-state index contributed by atoms with van der Waals surface area (Å²) in [6.07, 6.45) is 5.35. The molecule has 0 aromatic carbocycles. The molecule has 6 heteroatoms. The largest absolute Gasteiger partial charge is 0.377 e. The van der Waals surface area contributed by atoms with Crippen LogP contribution in [0, 0.1) is 5.92 Å². The van der Waals surface area contributed by atoms with Crippen molar-refractivity contribution in [3.8, 4) is 0 Å². The molecule has 2 aliphatic rings. The lowest BCUT2D eigenvalue weighted by molar-refractivity contribution is 0.0200. The number of nitrogens with one attached hydrogen (secondary N) is 2. The monoisotopic (exact) mass is 276 g/mol. The van der Waals surface area contributed by atoms with E-state index >= 15 is 0 Å². The Hall–Kier alpha value is -0.170. The number of hydrogen-bond donors (Lipinski definition) is 2. The maximum atomic E-state index is 11.9. The molecule has 0 bridgehead atoms. The van der Waals surface area contributed by atoms with E-state index in [1.807, 2.05) is 0 Å². The maximum absolute atomic E-state index is 11.9. The smallest absolute Gasteiger partial charge is 0.212 e. The lowest BCUT2D eigenvalue weighted by Crippen LogP contribution is -2.40. The standard InChI is InChI=1S/C12H24N2O3S/c15-18(16,10-11-4-3-6-13-8-11)14-9-12-5-1-2-7-17-12/h11-14H,1-10H2. The van der Waals surface area contributed by atoms with Gasteiger partial charge in [0.2, 0.25) is 10.0 Å². The SMILES string of the molecule is O=S(=O)(CC1CCCNC1)NCC1CCCCO1. The van der Waals surface area contributed by atoms with Crippen molar-refractivity contribution in [3.05, 3.63) is 0 Å². The van der Waals surface area contributed by atoms with Crippen LogP contribution in [-0.4, -0.2) is 46.5 Å². The third-order valence-electron chi connectivity index (χ3n) is 3.66. The normalized spacial score (nSPS) is 30.2. The number of sulfonamides is 1. The van der Waals surface area contributed by atoms with Crippen LogP contribution < -0.4 is 10.0 Å². The van der Waals surface area contributed by atoms with Crippen LogP contribution in [0.15, 0.2) is 0 Å². The van der Waals surface area contributed by atoms with Gasteiger partial charge in [0.25, 0.3) is 0 Å². The zero-order chi connectivity index (χ0) is 12.8. The van der Waals surface area contributed by atoms with E-state index in [2.05, 4.69) is 10.0 Å². The van der Waals surface area contributed by atoms with E-state index in [9.17, 15) is 8.42 Å². The molecular weight excluding hydrogens is 252 g/mol. The Morgan fingerprint density at radius 1 is 1.22 bits per heavy atom. The molecule has 2 aliphatic heterocycles. The quantitative estimate of drug-likeness (QED) is 0.766. The second-order valence-electron chi connectivity index (χ2n) is 5.33. The van der Waals surface area contributed by atoms with Gasteiger partial charge in [0.15, 0.2) is 0 Å². The molecule has 2 atom stereocenters. The molecule has 0 spiro atoms. The summed E-state index contributed by atoms with van der Waals surface area (Å²) in [5.41, 5.74) is 0. The van der Waals surface area contributed by atoms with Crippen molar-refractivity contribution in [1.82, 2.24) is 10.0 Å². The van der Waals surface area contributed by atoms with Gasteiger partial charge >= 0.3 is 0 Å². The van der Waals surface area contributed by atoms with E-state index in [4.69, 9.17) is 4.74 Å². The molecule has 106 valence electrons. The van der Waals surface area contributed by atoms with Crippen molar-refractivity contribution in [2.24, 2.45) is 5.92 Å². The van der Waals surface area contributed by atoms with Crippen LogP contribution in [0.5, 0.6) is 0 Å². The summed E-state index contributed by atoms with van der Waals surface area (Å²) in [6.45, 7) is 3.03. The van der Waals surface area contributed by atoms with Gasteiger partial charge in [-0.3, -0.25) is 0 Å². The summed E-state index contributed by atoms with van der Waals surface area (Å²) in [7, 11) is -3.15. The van der Waals surface area contributed by atoms with Gasteiger partial charge in [-0.05, 0) is 51.1 Å². The molecule has 2 unspecified atom stereocenters. The van der Waals surface area contributed by atoms with Gasteiger partial charge in [-0.2, -0.15) is 0 Å². The molecule has 2 saturated heterocycles. The first kappa shape index (κ1) is 14.2. The highest BCUT2D eigenvalue weighted by molar-refractivity contribution is 7.89. The van der Waals surface area contributed by atoms with Crippen molar-refractivity contribution in [1.29, 1.82) is 0 Å². The minimum atomic E-state index is -3.15. The fourth-order valence-corrected chi connectivity index (χ4v) is 4.09. The van der Waals surface area contributed by atoms with Gasteiger partial charge < -0.3 is 10.1 Å². The van der Waals surface area contributed by atoms with Crippen LogP contribution >= 0.6 is 0 Å². The number of piperidine rings is 1. The van der Waals surface area contributed by atoms with E-state index < -0.39 is 10.0 Å². The van der Waals surface area contributed by atoms with Gasteiger partial charge in [-0.25, -0.2) is 13.1 Å². The Kier molecular flexibility index (Phi) is 5.41. The molecule has 18 heavy (non-hydrogen) atoms. The molecular formula is C12H24N2O3S. The molecule has 2 N–H and O–H groups in total. The molecule has 2 heterocycles. The van der Waals surface area contributed by atoms with Crippen LogP contribution in [-0.2, 0) is 14.8 Å².